The molecule has 0 atom stereocenters. The summed E-state index contributed by atoms with van der Waals surface area (Å²) in [4.78, 5) is 12.7. The molecule has 0 spiro atoms. The highest BCUT2D eigenvalue weighted by molar-refractivity contribution is 7.89. The summed E-state index contributed by atoms with van der Waals surface area (Å²) in [5.74, 6) is -2.11. The lowest BCUT2D eigenvalue weighted by molar-refractivity contribution is 0.102. The lowest BCUT2D eigenvalue weighted by Gasteiger charge is -2.26. The number of halogens is 2. The van der Waals surface area contributed by atoms with Crippen LogP contribution in [0.2, 0.25) is 0 Å². The van der Waals surface area contributed by atoms with Crippen LogP contribution < -0.4 is 5.32 Å². The second-order valence-electron chi connectivity index (χ2n) is 8.40. The fourth-order valence-corrected chi connectivity index (χ4v) is 6.05. The van der Waals surface area contributed by atoms with E-state index in [1.54, 1.807) is 42.8 Å². The minimum Gasteiger partial charge on any atom is -0.319 e. The standard InChI is InChI=1S/C24H26F2N4O3S/c1-16-23(34(32,33)29-12-4-3-5-13-29)17(2)30(28-16)15-18-6-8-19(9-7-18)24(31)27-22-11-10-20(25)14-21(22)26/h6-11,14H,3-5,12-13,15H2,1-2H3,(H,27,31). The number of aryl methyl sites for hydroxylation is 1. The van der Waals surface area contributed by atoms with E-state index in [0.717, 1.165) is 37.0 Å². The average Bonchev–Trinajstić information content (AvgIpc) is 3.10. The van der Waals surface area contributed by atoms with Crippen LogP contribution in [0.1, 0.15) is 46.6 Å². The Kier molecular flexibility index (Phi) is 6.81. The molecule has 4 rings (SSSR count). The smallest absolute Gasteiger partial charge is 0.255 e. The Bertz CT molecular complexity index is 1310. The van der Waals surface area contributed by atoms with E-state index < -0.39 is 27.6 Å². The summed E-state index contributed by atoms with van der Waals surface area (Å²) in [6.07, 6.45) is 2.76. The SMILES string of the molecule is Cc1nn(Cc2ccc(C(=O)Nc3ccc(F)cc3F)cc2)c(C)c1S(=O)(=O)N1CCCCC1. The second kappa shape index (κ2) is 9.63. The lowest BCUT2D eigenvalue weighted by Crippen LogP contribution is -2.36. The molecule has 3 aromatic rings. The molecule has 7 nitrogen and oxygen atoms in total. The van der Waals surface area contributed by atoms with Crippen molar-refractivity contribution >= 4 is 21.6 Å². The van der Waals surface area contributed by atoms with E-state index in [0.29, 0.717) is 42.7 Å². The molecule has 180 valence electrons. The first-order chi connectivity index (χ1) is 16.2. The van der Waals surface area contributed by atoms with Crippen molar-refractivity contribution in [2.75, 3.05) is 18.4 Å². The Morgan fingerprint density at radius 2 is 1.71 bits per heavy atom. The van der Waals surface area contributed by atoms with Gasteiger partial charge in [0.05, 0.1) is 23.6 Å². The Morgan fingerprint density at radius 1 is 1.03 bits per heavy atom. The van der Waals surface area contributed by atoms with E-state index >= 15 is 0 Å². The van der Waals surface area contributed by atoms with Crippen LogP contribution in [0, 0.1) is 25.5 Å². The highest BCUT2D eigenvalue weighted by Gasteiger charge is 2.31. The van der Waals surface area contributed by atoms with Crippen molar-refractivity contribution in [3.63, 3.8) is 0 Å². The monoisotopic (exact) mass is 488 g/mol. The van der Waals surface area contributed by atoms with Crippen LogP contribution in [0.15, 0.2) is 47.4 Å². The molecule has 1 aliphatic heterocycles. The van der Waals surface area contributed by atoms with Crippen LogP contribution >= 0.6 is 0 Å². The summed E-state index contributed by atoms with van der Waals surface area (Å²) in [6, 6.07) is 9.56. The number of piperidine rings is 1. The molecular weight excluding hydrogens is 462 g/mol. The molecule has 10 heteroatoms. The first-order valence-electron chi connectivity index (χ1n) is 11.1. The number of nitrogens with zero attached hydrogens (tertiary/aromatic N) is 3. The normalized spacial score (nSPS) is 14.8. The third-order valence-corrected chi connectivity index (χ3v) is 8.11. The van der Waals surface area contributed by atoms with Crippen molar-refractivity contribution in [1.29, 1.82) is 0 Å². The number of amides is 1. The van der Waals surface area contributed by atoms with Gasteiger partial charge in [0.2, 0.25) is 10.0 Å². The summed E-state index contributed by atoms with van der Waals surface area (Å²) in [5, 5.41) is 6.88. The van der Waals surface area contributed by atoms with Crippen LogP contribution in [0.25, 0.3) is 0 Å². The molecule has 0 unspecified atom stereocenters. The van der Waals surface area contributed by atoms with Crippen LogP contribution in [0.5, 0.6) is 0 Å². The van der Waals surface area contributed by atoms with Crippen LogP contribution in [0.4, 0.5) is 14.5 Å². The molecule has 1 saturated heterocycles. The number of aromatic nitrogens is 2. The largest absolute Gasteiger partial charge is 0.319 e. The molecule has 0 aliphatic carbocycles. The predicted octanol–water partition coefficient (Wildman–Crippen LogP) is 4.25. The van der Waals surface area contributed by atoms with Gasteiger partial charge in [0.15, 0.2) is 0 Å². The van der Waals surface area contributed by atoms with Crippen molar-refractivity contribution in [2.45, 2.75) is 44.6 Å². The van der Waals surface area contributed by atoms with Gasteiger partial charge < -0.3 is 5.32 Å². The Hall–Kier alpha value is -3.11. The number of carbonyl (C=O) groups excluding carboxylic acids is 1. The summed E-state index contributed by atoms with van der Waals surface area (Å²) < 4.78 is 56.4. The van der Waals surface area contributed by atoms with E-state index in [1.165, 1.54) is 4.31 Å². The van der Waals surface area contributed by atoms with Gasteiger partial charge in [-0.15, -0.1) is 0 Å². The maximum Gasteiger partial charge on any atom is 0.255 e. The van der Waals surface area contributed by atoms with Gasteiger partial charge in [-0.2, -0.15) is 9.40 Å². The fourth-order valence-electron chi connectivity index (χ4n) is 4.16. The molecule has 1 amide bonds. The lowest BCUT2D eigenvalue weighted by atomic mass is 10.1. The molecule has 1 N–H and O–H groups in total. The van der Waals surface area contributed by atoms with Gasteiger partial charge in [0.25, 0.3) is 5.91 Å². The zero-order valence-corrected chi connectivity index (χ0v) is 19.8. The van der Waals surface area contributed by atoms with Crippen LogP contribution in [0.3, 0.4) is 0 Å². The van der Waals surface area contributed by atoms with Crippen LogP contribution in [-0.4, -0.2) is 41.5 Å². The fraction of sp³-hybridized carbons (Fsp3) is 0.333. The molecule has 1 aromatic heterocycles. The van der Waals surface area contributed by atoms with E-state index in [9.17, 15) is 22.0 Å². The summed E-state index contributed by atoms with van der Waals surface area (Å²) in [5.41, 5.74) is 2.03. The minimum atomic E-state index is -3.61. The third kappa shape index (κ3) is 4.88. The highest BCUT2D eigenvalue weighted by Crippen LogP contribution is 2.26. The molecule has 2 aromatic carbocycles. The zero-order chi connectivity index (χ0) is 24.5. The number of nitrogens with one attached hydrogen (secondary N) is 1. The number of hydrogen-bond donors (Lipinski definition) is 1. The van der Waals surface area contributed by atoms with E-state index in [2.05, 4.69) is 10.4 Å². The number of carbonyl (C=O) groups is 1. The highest BCUT2D eigenvalue weighted by atomic mass is 32.2. The van der Waals surface area contributed by atoms with Crippen molar-refractivity contribution in [1.82, 2.24) is 14.1 Å². The Labute approximate surface area is 197 Å². The van der Waals surface area contributed by atoms with Crippen molar-refractivity contribution in [2.24, 2.45) is 0 Å². The van der Waals surface area contributed by atoms with Gasteiger partial charge in [-0.05, 0) is 56.5 Å². The van der Waals surface area contributed by atoms with Gasteiger partial charge >= 0.3 is 0 Å². The first kappa shape index (κ1) is 24.0. The van der Waals surface area contributed by atoms with Gasteiger partial charge in [-0.1, -0.05) is 18.6 Å². The molecule has 1 fully saturated rings. The van der Waals surface area contributed by atoms with Crippen molar-refractivity contribution in [3.05, 3.63) is 76.6 Å². The first-order valence-corrected chi connectivity index (χ1v) is 12.5. The van der Waals surface area contributed by atoms with Crippen molar-refractivity contribution in [3.8, 4) is 0 Å². The Balaban J connectivity index is 1.49. The van der Waals surface area contributed by atoms with E-state index in [4.69, 9.17) is 0 Å². The molecule has 34 heavy (non-hydrogen) atoms. The summed E-state index contributed by atoms with van der Waals surface area (Å²) >= 11 is 0. The van der Waals surface area contributed by atoms with Crippen LogP contribution in [-0.2, 0) is 16.6 Å². The average molecular weight is 489 g/mol. The maximum atomic E-state index is 13.8. The topological polar surface area (TPSA) is 84.3 Å². The Morgan fingerprint density at radius 3 is 2.35 bits per heavy atom. The van der Waals surface area contributed by atoms with Gasteiger partial charge in [0.1, 0.15) is 16.5 Å². The molecule has 0 saturated carbocycles. The second-order valence-corrected chi connectivity index (χ2v) is 10.3. The number of anilines is 1. The van der Waals surface area contributed by atoms with Gasteiger partial charge in [0, 0.05) is 24.7 Å². The number of benzene rings is 2. The number of hydrogen-bond acceptors (Lipinski definition) is 4. The number of rotatable bonds is 6. The predicted molar refractivity (Wildman–Crippen MR) is 124 cm³/mol. The zero-order valence-electron chi connectivity index (χ0n) is 19.0. The molecule has 0 radical (unpaired) electrons. The van der Waals surface area contributed by atoms with E-state index in [1.807, 2.05) is 0 Å². The van der Waals surface area contributed by atoms with Crippen molar-refractivity contribution < 1.29 is 22.0 Å². The maximum absolute atomic E-state index is 13.8. The minimum absolute atomic E-state index is 0.111. The third-order valence-electron chi connectivity index (χ3n) is 5.96. The molecule has 0 bridgehead atoms. The molecule has 2 heterocycles. The van der Waals surface area contributed by atoms with Gasteiger partial charge in [-0.25, -0.2) is 17.2 Å². The van der Waals surface area contributed by atoms with E-state index in [-0.39, 0.29) is 10.6 Å². The molecule has 1 aliphatic rings. The number of sulfonamides is 1. The summed E-state index contributed by atoms with van der Waals surface area (Å²) in [6.45, 7) is 4.82. The van der Waals surface area contributed by atoms with Gasteiger partial charge in [-0.3, -0.25) is 9.48 Å². The summed E-state index contributed by atoms with van der Waals surface area (Å²) in [7, 11) is -3.61. The molecular formula is C24H26F2N4O3S. The quantitative estimate of drug-likeness (QED) is 0.562.